The van der Waals surface area contributed by atoms with Gasteiger partial charge in [-0.15, -0.1) is 0 Å². The average Bonchev–Trinajstić information content (AvgIpc) is 2.40. The van der Waals surface area contributed by atoms with Crippen LogP contribution in [0.5, 0.6) is 0 Å². The minimum Gasteiger partial charge on any atom is -0.386 e. The molecule has 0 atom stereocenters. The summed E-state index contributed by atoms with van der Waals surface area (Å²) in [4.78, 5) is 14.6. The van der Waals surface area contributed by atoms with Crippen LogP contribution in [-0.2, 0) is 0 Å². The van der Waals surface area contributed by atoms with Crippen molar-refractivity contribution >= 4 is 40.1 Å². The fraction of sp³-hybridized carbons (Fsp3) is 0.462. The average molecular weight is 329 g/mol. The van der Waals surface area contributed by atoms with Gasteiger partial charge in [-0.05, 0) is 20.1 Å². The van der Waals surface area contributed by atoms with E-state index < -0.39 is 11.4 Å². The number of anilines is 1. The van der Waals surface area contributed by atoms with Crippen molar-refractivity contribution in [1.29, 1.82) is 0 Å². The van der Waals surface area contributed by atoms with E-state index in [4.69, 9.17) is 11.6 Å². The Bertz CT molecular complexity index is 732. The van der Waals surface area contributed by atoms with Gasteiger partial charge in [-0.3, -0.25) is 0 Å². The highest BCUT2D eigenvalue weighted by Gasteiger charge is 2.38. The molecule has 1 fully saturated rings. The number of aromatic nitrogens is 3. The van der Waals surface area contributed by atoms with Gasteiger partial charge < -0.3 is 10.0 Å². The minimum absolute atomic E-state index is 0.174. The molecule has 0 bridgehead atoms. The molecule has 21 heavy (non-hydrogen) atoms. The molecular formula is C13H14ClFN4OS. The molecule has 2 aromatic rings. The maximum absolute atomic E-state index is 14.3. The third-order valence-electron chi connectivity index (χ3n) is 3.43. The second-order valence-electron chi connectivity index (χ2n) is 5.41. The highest BCUT2D eigenvalue weighted by atomic mass is 35.5. The quantitative estimate of drug-likeness (QED) is 0.519. The van der Waals surface area contributed by atoms with Crippen molar-refractivity contribution < 1.29 is 9.50 Å². The van der Waals surface area contributed by atoms with Crippen molar-refractivity contribution in [1.82, 2.24) is 15.0 Å². The number of nitrogens with zero attached hydrogens (tertiary/aromatic N) is 4. The molecule has 2 aromatic heterocycles. The zero-order chi connectivity index (χ0) is 15.4. The number of hydrogen-bond donors (Lipinski definition) is 1. The largest absolute Gasteiger partial charge is 0.386 e. The van der Waals surface area contributed by atoms with Gasteiger partial charge in [0.15, 0.2) is 16.1 Å². The molecule has 1 saturated heterocycles. The van der Waals surface area contributed by atoms with E-state index in [1.807, 2.05) is 11.2 Å². The van der Waals surface area contributed by atoms with Crippen LogP contribution in [0, 0.1) is 12.7 Å². The smallest absolute Gasteiger partial charge is 0.189 e. The molecule has 1 aliphatic heterocycles. The molecule has 0 aromatic carbocycles. The number of fused-ring (bicyclic) bond motifs is 1. The predicted molar refractivity (Wildman–Crippen MR) is 81.7 cm³/mol. The molecule has 0 radical (unpaired) electrons. The first-order chi connectivity index (χ1) is 9.82. The van der Waals surface area contributed by atoms with Gasteiger partial charge in [0, 0.05) is 13.1 Å². The van der Waals surface area contributed by atoms with Gasteiger partial charge in [-0.2, -0.15) is 0 Å². The van der Waals surface area contributed by atoms with Crippen LogP contribution in [0.25, 0.3) is 10.9 Å². The van der Waals surface area contributed by atoms with Crippen LogP contribution in [0.3, 0.4) is 0 Å². The zero-order valence-electron chi connectivity index (χ0n) is 11.8. The molecule has 0 amide bonds. The number of aryl methyl sites for hydroxylation is 1. The van der Waals surface area contributed by atoms with Crippen LogP contribution in [0.1, 0.15) is 12.6 Å². The monoisotopic (exact) mass is 328 g/mol. The van der Waals surface area contributed by atoms with Gasteiger partial charge in [0.1, 0.15) is 11.3 Å². The number of rotatable bonds is 2. The Morgan fingerprint density at radius 3 is 2.57 bits per heavy atom. The van der Waals surface area contributed by atoms with Crippen molar-refractivity contribution in [3.05, 3.63) is 16.7 Å². The standard InChI is InChI=1S/C13H14ClFN4OS/c1-6-7-9(8(15)10(14)16-6)17-12(21-3)18-11(7)19-4-13(2,20)5-19/h20H,4-5H2,1-3H3. The Kier molecular flexibility index (Phi) is 3.46. The van der Waals surface area contributed by atoms with Crippen LogP contribution >= 0.6 is 23.4 Å². The second-order valence-corrected chi connectivity index (χ2v) is 6.54. The number of aliphatic hydroxyl groups is 1. The molecule has 0 saturated carbocycles. The predicted octanol–water partition coefficient (Wildman–Crippen LogP) is 2.42. The number of hydrogen-bond acceptors (Lipinski definition) is 6. The lowest BCUT2D eigenvalue weighted by Gasteiger charge is -2.45. The lowest BCUT2D eigenvalue weighted by molar-refractivity contribution is 0.0306. The SMILES string of the molecule is CSc1nc(N2CC(C)(O)C2)c2c(C)nc(Cl)c(F)c2n1. The number of β-amino-alcohol motifs (C(OH)–C–C–N with tert-alkyl or cyclic N) is 1. The number of thioether (sulfide) groups is 1. The van der Waals surface area contributed by atoms with Gasteiger partial charge in [0.2, 0.25) is 0 Å². The maximum Gasteiger partial charge on any atom is 0.189 e. The summed E-state index contributed by atoms with van der Waals surface area (Å²) >= 11 is 7.14. The van der Waals surface area contributed by atoms with E-state index in [0.29, 0.717) is 35.1 Å². The van der Waals surface area contributed by atoms with E-state index >= 15 is 0 Å². The lowest BCUT2D eigenvalue weighted by atomic mass is 9.96. The highest BCUT2D eigenvalue weighted by Crippen LogP contribution is 2.35. The summed E-state index contributed by atoms with van der Waals surface area (Å²) < 4.78 is 14.3. The number of halogens is 2. The Morgan fingerprint density at radius 1 is 1.33 bits per heavy atom. The van der Waals surface area contributed by atoms with Crippen LogP contribution in [0.4, 0.5) is 10.2 Å². The van der Waals surface area contributed by atoms with E-state index in [9.17, 15) is 9.50 Å². The fourth-order valence-electron chi connectivity index (χ4n) is 2.52. The molecule has 8 heteroatoms. The van der Waals surface area contributed by atoms with Crippen LogP contribution in [0.15, 0.2) is 5.16 Å². The summed E-state index contributed by atoms with van der Waals surface area (Å²) in [6.07, 6.45) is 1.82. The summed E-state index contributed by atoms with van der Waals surface area (Å²) in [6.45, 7) is 4.38. The molecule has 0 aliphatic carbocycles. The molecule has 3 heterocycles. The van der Waals surface area contributed by atoms with Gasteiger partial charge in [0.25, 0.3) is 0 Å². The Balaban J connectivity index is 2.25. The van der Waals surface area contributed by atoms with Gasteiger partial charge in [0.05, 0.1) is 16.7 Å². The molecule has 112 valence electrons. The third-order valence-corrected chi connectivity index (χ3v) is 4.23. The van der Waals surface area contributed by atoms with Crippen LogP contribution < -0.4 is 4.90 Å². The lowest BCUT2D eigenvalue weighted by Crippen LogP contribution is -2.60. The van der Waals surface area contributed by atoms with E-state index in [0.717, 1.165) is 0 Å². The molecule has 1 N–H and O–H groups in total. The van der Waals surface area contributed by atoms with Crippen molar-refractivity contribution in [2.45, 2.75) is 24.6 Å². The Morgan fingerprint density at radius 2 is 2.00 bits per heavy atom. The summed E-state index contributed by atoms with van der Waals surface area (Å²) in [5.74, 6) is -0.0417. The first kappa shape index (κ1) is 14.7. The maximum atomic E-state index is 14.3. The second kappa shape index (κ2) is 4.93. The highest BCUT2D eigenvalue weighted by molar-refractivity contribution is 7.98. The van der Waals surface area contributed by atoms with E-state index in [-0.39, 0.29) is 10.7 Å². The normalized spacial score (nSPS) is 17.1. The van der Waals surface area contributed by atoms with E-state index in [2.05, 4.69) is 15.0 Å². The third kappa shape index (κ3) is 2.43. The van der Waals surface area contributed by atoms with E-state index in [1.54, 1.807) is 13.8 Å². The number of pyridine rings is 1. The van der Waals surface area contributed by atoms with Gasteiger partial charge >= 0.3 is 0 Å². The van der Waals surface area contributed by atoms with Crippen LogP contribution in [-0.4, -0.2) is 45.0 Å². The molecule has 1 aliphatic rings. The molecule has 0 unspecified atom stereocenters. The summed E-state index contributed by atoms with van der Waals surface area (Å²) in [6, 6.07) is 0. The summed E-state index contributed by atoms with van der Waals surface area (Å²) in [5.41, 5.74) is 0.00214. The van der Waals surface area contributed by atoms with Gasteiger partial charge in [-0.25, -0.2) is 19.3 Å². The first-order valence-corrected chi connectivity index (χ1v) is 7.97. The van der Waals surface area contributed by atoms with Gasteiger partial charge in [-0.1, -0.05) is 23.4 Å². The topological polar surface area (TPSA) is 62.1 Å². The first-order valence-electron chi connectivity index (χ1n) is 6.37. The summed E-state index contributed by atoms with van der Waals surface area (Å²) in [7, 11) is 0. The summed E-state index contributed by atoms with van der Waals surface area (Å²) in [5, 5.41) is 10.7. The Labute approximate surface area is 130 Å². The minimum atomic E-state index is -0.747. The molecule has 5 nitrogen and oxygen atoms in total. The molecular weight excluding hydrogens is 315 g/mol. The van der Waals surface area contributed by atoms with Crippen LogP contribution in [0.2, 0.25) is 5.15 Å². The molecule has 0 spiro atoms. The fourth-order valence-corrected chi connectivity index (χ4v) is 3.09. The van der Waals surface area contributed by atoms with E-state index in [1.165, 1.54) is 11.8 Å². The van der Waals surface area contributed by atoms with Crippen molar-refractivity contribution in [2.75, 3.05) is 24.2 Å². The Hall–Kier alpha value is -1.18. The zero-order valence-corrected chi connectivity index (χ0v) is 13.4. The van der Waals surface area contributed by atoms with Crippen molar-refractivity contribution in [3.8, 4) is 0 Å². The molecule has 3 rings (SSSR count). The van der Waals surface area contributed by atoms with Crippen molar-refractivity contribution in [3.63, 3.8) is 0 Å². The van der Waals surface area contributed by atoms with Crippen molar-refractivity contribution in [2.24, 2.45) is 0 Å².